The molecule has 0 saturated heterocycles. The van der Waals surface area contributed by atoms with Crippen LogP contribution in [0.3, 0.4) is 0 Å². The van der Waals surface area contributed by atoms with Crippen LogP contribution >= 0.6 is 0 Å². The van der Waals surface area contributed by atoms with E-state index in [1.54, 1.807) is 48.4 Å². The summed E-state index contributed by atoms with van der Waals surface area (Å²) in [5.74, 6) is 0.278. The van der Waals surface area contributed by atoms with Crippen LogP contribution in [-0.4, -0.2) is 30.0 Å². The zero-order chi connectivity index (χ0) is 23.1. The van der Waals surface area contributed by atoms with Gasteiger partial charge in [0.1, 0.15) is 5.75 Å². The molecule has 0 fully saturated rings. The van der Waals surface area contributed by atoms with Gasteiger partial charge in [-0.2, -0.15) is 0 Å². The van der Waals surface area contributed by atoms with Gasteiger partial charge in [-0.3, -0.25) is 4.79 Å². The number of nitrogens with zero attached hydrogens (tertiary/aromatic N) is 2. The predicted molar refractivity (Wildman–Crippen MR) is 125 cm³/mol. The number of amides is 1. The summed E-state index contributed by atoms with van der Waals surface area (Å²) in [5.41, 5.74) is 10.3. The SMILES string of the molecule is COc1ccc(CN2Cc3nc4c(-c5cccc(OC)c5F)cccc4c(N)c3C2=O)cc1. The number of halogens is 1. The van der Waals surface area contributed by atoms with Crippen molar-refractivity contribution >= 4 is 22.5 Å². The molecule has 1 amide bonds. The molecule has 2 heterocycles. The van der Waals surface area contributed by atoms with Crippen LogP contribution in [0.1, 0.15) is 21.6 Å². The number of methoxy groups -OCH3 is 2. The van der Waals surface area contributed by atoms with Gasteiger partial charge in [0.05, 0.1) is 43.2 Å². The summed E-state index contributed by atoms with van der Waals surface area (Å²) in [6.07, 6.45) is 0. The van der Waals surface area contributed by atoms with E-state index in [2.05, 4.69) is 0 Å². The molecule has 0 spiro atoms. The minimum absolute atomic E-state index is 0.152. The van der Waals surface area contributed by atoms with Gasteiger partial charge in [0.25, 0.3) is 5.91 Å². The molecular weight excluding hydrogens is 421 g/mol. The Bertz CT molecular complexity index is 1390. The van der Waals surface area contributed by atoms with Crippen molar-refractivity contribution in [2.75, 3.05) is 20.0 Å². The maximum absolute atomic E-state index is 15.0. The predicted octanol–water partition coefficient (Wildman–Crippen LogP) is 4.80. The van der Waals surface area contributed by atoms with E-state index in [4.69, 9.17) is 20.2 Å². The molecule has 33 heavy (non-hydrogen) atoms. The average molecular weight is 443 g/mol. The zero-order valence-corrected chi connectivity index (χ0v) is 18.3. The minimum atomic E-state index is -0.467. The molecule has 6 nitrogen and oxygen atoms in total. The standard InChI is InChI=1S/C26H22FN3O3/c1-32-16-11-9-15(10-12-16)13-30-14-20-22(26(30)31)24(28)19-7-3-6-18(25(19)29-20)17-5-4-8-21(33-2)23(17)27/h3-12H,13-14H2,1-2H3,(H2,28,29). The number of nitrogen functional groups attached to an aromatic ring is 1. The number of pyridine rings is 1. The Hall–Kier alpha value is -4.13. The molecule has 2 N–H and O–H groups in total. The lowest BCUT2D eigenvalue weighted by atomic mass is 9.98. The molecule has 0 bridgehead atoms. The highest BCUT2D eigenvalue weighted by Gasteiger charge is 2.32. The fourth-order valence-corrected chi connectivity index (χ4v) is 4.30. The molecule has 1 aliphatic heterocycles. The summed E-state index contributed by atoms with van der Waals surface area (Å²) in [6, 6.07) is 17.9. The van der Waals surface area contributed by atoms with Gasteiger partial charge in [0.2, 0.25) is 0 Å². The highest BCUT2D eigenvalue weighted by atomic mass is 19.1. The lowest BCUT2D eigenvalue weighted by Gasteiger charge is -2.15. The Morgan fingerprint density at radius 1 is 1.00 bits per heavy atom. The number of aromatic nitrogens is 1. The Morgan fingerprint density at radius 2 is 1.73 bits per heavy atom. The van der Waals surface area contributed by atoms with Crippen LogP contribution < -0.4 is 15.2 Å². The monoisotopic (exact) mass is 443 g/mol. The zero-order valence-electron chi connectivity index (χ0n) is 18.3. The summed E-state index contributed by atoms with van der Waals surface area (Å²) in [6.45, 7) is 0.752. The van der Waals surface area contributed by atoms with Gasteiger partial charge in [-0.25, -0.2) is 9.37 Å². The number of anilines is 1. The molecule has 4 aromatic rings. The van der Waals surface area contributed by atoms with Crippen LogP contribution in [0, 0.1) is 5.82 Å². The van der Waals surface area contributed by atoms with Crippen molar-refractivity contribution in [1.29, 1.82) is 0 Å². The van der Waals surface area contributed by atoms with E-state index < -0.39 is 5.82 Å². The average Bonchev–Trinajstić information content (AvgIpc) is 3.15. The topological polar surface area (TPSA) is 77.7 Å². The summed E-state index contributed by atoms with van der Waals surface area (Å²) in [4.78, 5) is 19.7. The third-order valence-corrected chi connectivity index (χ3v) is 5.98. The van der Waals surface area contributed by atoms with Crippen LogP contribution in [0.25, 0.3) is 22.0 Å². The van der Waals surface area contributed by atoms with E-state index in [1.807, 2.05) is 24.3 Å². The number of fused-ring (bicyclic) bond motifs is 2. The minimum Gasteiger partial charge on any atom is -0.497 e. The molecule has 0 atom stereocenters. The third kappa shape index (κ3) is 3.42. The van der Waals surface area contributed by atoms with Gasteiger partial charge >= 0.3 is 0 Å². The second kappa shape index (κ2) is 8.09. The first-order chi connectivity index (χ1) is 16.0. The fraction of sp³-hybridized carbons (Fsp3) is 0.154. The van der Waals surface area contributed by atoms with Crippen LogP contribution in [0.4, 0.5) is 10.1 Å². The fourth-order valence-electron chi connectivity index (χ4n) is 4.30. The molecule has 5 rings (SSSR count). The Labute approximate surface area is 190 Å². The number of benzene rings is 3. The second-order valence-corrected chi connectivity index (χ2v) is 7.88. The molecular formula is C26H22FN3O3. The van der Waals surface area contributed by atoms with E-state index in [0.29, 0.717) is 52.1 Å². The van der Waals surface area contributed by atoms with Crippen molar-refractivity contribution in [3.8, 4) is 22.6 Å². The Balaban J connectivity index is 1.57. The molecule has 0 radical (unpaired) electrons. The number of hydrogen-bond donors (Lipinski definition) is 1. The number of carbonyl (C=O) groups excluding carboxylic acids is 1. The number of para-hydroxylation sites is 1. The Morgan fingerprint density at radius 3 is 2.45 bits per heavy atom. The lowest BCUT2D eigenvalue weighted by Crippen LogP contribution is -2.23. The van der Waals surface area contributed by atoms with Crippen molar-refractivity contribution in [3.05, 3.63) is 83.3 Å². The van der Waals surface area contributed by atoms with E-state index in [-0.39, 0.29) is 11.7 Å². The molecule has 0 saturated carbocycles. The van der Waals surface area contributed by atoms with E-state index >= 15 is 4.39 Å². The first-order valence-electron chi connectivity index (χ1n) is 10.5. The summed E-state index contributed by atoms with van der Waals surface area (Å²) >= 11 is 0. The molecule has 7 heteroatoms. The van der Waals surface area contributed by atoms with Crippen LogP contribution in [0.15, 0.2) is 60.7 Å². The van der Waals surface area contributed by atoms with Crippen LogP contribution in [-0.2, 0) is 13.1 Å². The van der Waals surface area contributed by atoms with Gasteiger partial charge in [-0.05, 0) is 23.8 Å². The van der Waals surface area contributed by atoms with Crippen molar-refractivity contribution in [3.63, 3.8) is 0 Å². The quantitative estimate of drug-likeness (QED) is 0.480. The van der Waals surface area contributed by atoms with Gasteiger partial charge in [-0.1, -0.05) is 42.5 Å². The highest BCUT2D eigenvalue weighted by Crippen LogP contribution is 2.38. The molecule has 1 aliphatic rings. The van der Waals surface area contributed by atoms with Crippen LogP contribution in [0.5, 0.6) is 11.5 Å². The largest absolute Gasteiger partial charge is 0.497 e. The maximum atomic E-state index is 15.0. The van der Waals surface area contributed by atoms with E-state index in [1.165, 1.54) is 7.11 Å². The molecule has 0 aliphatic carbocycles. The summed E-state index contributed by atoms with van der Waals surface area (Å²) < 4.78 is 25.4. The summed E-state index contributed by atoms with van der Waals surface area (Å²) in [7, 11) is 3.04. The third-order valence-electron chi connectivity index (χ3n) is 5.98. The first kappa shape index (κ1) is 20.8. The summed E-state index contributed by atoms with van der Waals surface area (Å²) in [5, 5.41) is 0.619. The van der Waals surface area contributed by atoms with Crippen molar-refractivity contribution in [2.24, 2.45) is 0 Å². The highest BCUT2D eigenvalue weighted by molar-refractivity contribution is 6.11. The van der Waals surface area contributed by atoms with Gasteiger partial charge in [-0.15, -0.1) is 0 Å². The van der Waals surface area contributed by atoms with Crippen molar-refractivity contribution in [2.45, 2.75) is 13.1 Å². The molecule has 1 aromatic heterocycles. The Kier molecular flexibility index (Phi) is 5.09. The van der Waals surface area contributed by atoms with Gasteiger partial charge in [0, 0.05) is 23.1 Å². The lowest BCUT2D eigenvalue weighted by molar-refractivity contribution is 0.0767. The normalized spacial score (nSPS) is 12.8. The molecule has 3 aromatic carbocycles. The van der Waals surface area contributed by atoms with Crippen molar-refractivity contribution < 1.29 is 18.7 Å². The van der Waals surface area contributed by atoms with Gasteiger partial charge in [0.15, 0.2) is 11.6 Å². The maximum Gasteiger partial charge on any atom is 0.258 e. The van der Waals surface area contributed by atoms with E-state index in [9.17, 15) is 4.79 Å². The van der Waals surface area contributed by atoms with Crippen molar-refractivity contribution in [1.82, 2.24) is 9.88 Å². The number of rotatable bonds is 5. The molecule has 0 unspecified atom stereocenters. The van der Waals surface area contributed by atoms with Gasteiger partial charge < -0.3 is 20.1 Å². The number of carbonyl (C=O) groups is 1. The number of nitrogens with two attached hydrogens (primary N) is 1. The second-order valence-electron chi connectivity index (χ2n) is 7.88. The molecule has 166 valence electrons. The number of ether oxygens (including phenoxy) is 2. The first-order valence-corrected chi connectivity index (χ1v) is 10.5. The smallest absolute Gasteiger partial charge is 0.258 e. The van der Waals surface area contributed by atoms with Crippen LogP contribution in [0.2, 0.25) is 0 Å². The number of hydrogen-bond acceptors (Lipinski definition) is 5. The van der Waals surface area contributed by atoms with E-state index in [0.717, 1.165) is 11.3 Å².